The minimum Gasteiger partial charge on any atom is -0.372 e. The van der Waals surface area contributed by atoms with Crippen LogP contribution in [-0.4, -0.2) is 60.8 Å². The van der Waals surface area contributed by atoms with Crippen molar-refractivity contribution in [1.29, 1.82) is 0 Å². The van der Waals surface area contributed by atoms with E-state index in [0.717, 1.165) is 63.7 Å². The lowest BCUT2D eigenvalue weighted by Crippen LogP contribution is -2.49. The number of rotatable bonds is 4. The van der Waals surface area contributed by atoms with Gasteiger partial charge in [0.25, 0.3) is 0 Å². The van der Waals surface area contributed by atoms with Crippen LogP contribution in [0.1, 0.15) is 38.9 Å². The molecule has 4 atom stereocenters. The number of ether oxygens (including phenoxy) is 1. The van der Waals surface area contributed by atoms with Gasteiger partial charge in [-0.05, 0) is 79.2 Å². The van der Waals surface area contributed by atoms with Gasteiger partial charge < -0.3 is 9.64 Å². The first-order valence-corrected chi connectivity index (χ1v) is 13.4. The second-order valence-electron chi connectivity index (χ2n) is 10.2. The summed E-state index contributed by atoms with van der Waals surface area (Å²) in [5, 5.41) is 6.61. The van der Waals surface area contributed by atoms with Gasteiger partial charge in [-0.3, -0.25) is 9.78 Å². The molecule has 1 amide bonds. The largest absolute Gasteiger partial charge is 0.372 e. The van der Waals surface area contributed by atoms with E-state index in [2.05, 4.69) is 37.1 Å². The zero-order valence-electron chi connectivity index (χ0n) is 20.5. The number of benzene rings is 1. The molecule has 0 spiro atoms. The molecule has 186 valence electrons. The van der Waals surface area contributed by atoms with Gasteiger partial charge in [-0.1, -0.05) is 6.07 Å². The van der Waals surface area contributed by atoms with Crippen molar-refractivity contribution in [2.45, 2.75) is 51.7 Å². The topological polar surface area (TPSA) is 86.0 Å². The normalized spacial score (nSPS) is 24.6. The van der Waals surface area contributed by atoms with Crippen molar-refractivity contribution in [3.8, 4) is 5.69 Å². The SMILES string of the molecule is C[C@@H]1CN(C(=O)[C@@H]2CC[C@@H](Cc3ncc4c(Br)nn(-c5ccc6ncccc6c5)c4n3)C2)C[C@@H](C)O1. The minimum atomic E-state index is 0.0853. The summed E-state index contributed by atoms with van der Waals surface area (Å²) in [5.41, 5.74) is 2.65. The predicted octanol–water partition coefficient (Wildman–Crippen LogP) is 4.72. The molecule has 1 aromatic carbocycles. The van der Waals surface area contributed by atoms with Gasteiger partial charge in [-0.15, -0.1) is 0 Å². The summed E-state index contributed by atoms with van der Waals surface area (Å²) in [6, 6.07) is 10.1. The quantitative estimate of drug-likeness (QED) is 0.366. The maximum atomic E-state index is 13.2. The summed E-state index contributed by atoms with van der Waals surface area (Å²) in [6.45, 7) is 5.46. The van der Waals surface area contributed by atoms with Crippen LogP contribution in [0.2, 0.25) is 0 Å². The van der Waals surface area contributed by atoms with Crippen LogP contribution in [0.15, 0.2) is 47.3 Å². The number of morpholine rings is 1. The van der Waals surface area contributed by atoms with Crippen LogP contribution in [0.5, 0.6) is 0 Å². The summed E-state index contributed by atoms with van der Waals surface area (Å²) in [5.74, 6) is 1.56. The Bertz CT molecular complexity index is 1430. The second kappa shape index (κ2) is 9.52. The maximum Gasteiger partial charge on any atom is 0.225 e. The third kappa shape index (κ3) is 4.50. The summed E-state index contributed by atoms with van der Waals surface area (Å²) >= 11 is 3.57. The highest BCUT2D eigenvalue weighted by Crippen LogP contribution is 2.35. The Morgan fingerprint density at radius 3 is 2.81 bits per heavy atom. The zero-order valence-corrected chi connectivity index (χ0v) is 22.1. The number of hydrogen-bond acceptors (Lipinski definition) is 6. The molecule has 1 aliphatic heterocycles. The lowest BCUT2D eigenvalue weighted by Gasteiger charge is -2.36. The molecule has 9 heteroatoms. The van der Waals surface area contributed by atoms with Gasteiger partial charge >= 0.3 is 0 Å². The Morgan fingerprint density at radius 2 is 1.97 bits per heavy atom. The summed E-state index contributed by atoms with van der Waals surface area (Å²) in [4.78, 5) is 29.2. The molecule has 1 saturated carbocycles. The van der Waals surface area contributed by atoms with Crippen molar-refractivity contribution in [3.05, 3.63) is 53.2 Å². The molecule has 0 radical (unpaired) electrons. The minimum absolute atomic E-state index is 0.0853. The maximum absolute atomic E-state index is 13.2. The molecule has 1 saturated heterocycles. The van der Waals surface area contributed by atoms with E-state index in [9.17, 15) is 4.79 Å². The number of pyridine rings is 1. The monoisotopic (exact) mass is 548 g/mol. The molecule has 4 aromatic rings. The molecule has 0 N–H and O–H groups in total. The van der Waals surface area contributed by atoms with E-state index in [0.29, 0.717) is 19.0 Å². The third-order valence-corrected chi connectivity index (χ3v) is 7.94. The smallest absolute Gasteiger partial charge is 0.225 e. The van der Waals surface area contributed by atoms with Gasteiger partial charge in [0.2, 0.25) is 5.91 Å². The fraction of sp³-hybridized carbons (Fsp3) is 0.444. The first-order valence-electron chi connectivity index (χ1n) is 12.6. The van der Waals surface area contributed by atoms with Gasteiger partial charge in [0.15, 0.2) is 5.65 Å². The molecule has 8 nitrogen and oxygen atoms in total. The molecule has 0 unspecified atom stereocenters. The van der Waals surface area contributed by atoms with E-state index < -0.39 is 0 Å². The molecule has 0 bridgehead atoms. The van der Waals surface area contributed by atoms with Crippen LogP contribution in [0.4, 0.5) is 0 Å². The molecule has 36 heavy (non-hydrogen) atoms. The van der Waals surface area contributed by atoms with Gasteiger partial charge in [0.05, 0.1) is 28.8 Å². The fourth-order valence-corrected chi connectivity index (χ4v) is 6.17. The van der Waals surface area contributed by atoms with Crippen molar-refractivity contribution in [2.75, 3.05) is 13.1 Å². The van der Waals surface area contributed by atoms with Crippen LogP contribution in [0.25, 0.3) is 27.6 Å². The van der Waals surface area contributed by atoms with Crippen molar-refractivity contribution >= 4 is 43.8 Å². The number of carbonyl (C=O) groups excluding carboxylic acids is 1. The number of hydrogen-bond donors (Lipinski definition) is 0. The van der Waals surface area contributed by atoms with E-state index >= 15 is 0 Å². The zero-order chi connectivity index (χ0) is 24.8. The number of fused-ring (bicyclic) bond motifs is 2. The molecular formula is C27H29BrN6O2. The number of amides is 1. The van der Waals surface area contributed by atoms with E-state index in [1.165, 1.54) is 0 Å². The van der Waals surface area contributed by atoms with E-state index in [1.54, 1.807) is 6.20 Å². The predicted molar refractivity (Wildman–Crippen MR) is 141 cm³/mol. The van der Waals surface area contributed by atoms with Crippen LogP contribution >= 0.6 is 15.9 Å². The number of aromatic nitrogens is 5. The molecule has 3 aromatic heterocycles. The first-order chi connectivity index (χ1) is 17.4. The standard InChI is InChI=1S/C27H29BrN6O2/c1-16-14-33(15-17(2)36-16)27(35)20-6-5-18(10-20)11-24-30-13-22-25(28)32-34(26(22)31-24)21-7-8-23-19(12-21)4-3-9-29-23/h3-4,7-9,12-13,16-18,20H,5-6,10-11,14-15H2,1-2H3/t16-,17-,18-,20-/m1/s1. The Kier molecular flexibility index (Phi) is 6.21. The molecule has 2 fully saturated rings. The summed E-state index contributed by atoms with van der Waals surface area (Å²) in [7, 11) is 0. The molecule has 6 rings (SSSR count). The third-order valence-electron chi connectivity index (χ3n) is 7.35. The van der Waals surface area contributed by atoms with E-state index in [4.69, 9.17) is 9.72 Å². The molecule has 2 aliphatic rings. The highest BCUT2D eigenvalue weighted by molar-refractivity contribution is 9.10. The van der Waals surface area contributed by atoms with Crippen LogP contribution in [0, 0.1) is 11.8 Å². The van der Waals surface area contributed by atoms with Crippen LogP contribution in [-0.2, 0) is 16.0 Å². The van der Waals surface area contributed by atoms with Gasteiger partial charge in [0.1, 0.15) is 10.4 Å². The molecule has 4 heterocycles. The van der Waals surface area contributed by atoms with Crippen molar-refractivity contribution < 1.29 is 9.53 Å². The summed E-state index contributed by atoms with van der Waals surface area (Å²) in [6.07, 6.45) is 7.44. The Balaban J connectivity index is 1.21. The van der Waals surface area contributed by atoms with E-state index in [1.807, 2.05) is 53.9 Å². The Morgan fingerprint density at radius 1 is 1.14 bits per heavy atom. The lowest BCUT2D eigenvalue weighted by molar-refractivity contribution is -0.147. The lowest BCUT2D eigenvalue weighted by atomic mass is 10.00. The average Bonchev–Trinajstić information content (AvgIpc) is 3.47. The number of carbonyl (C=O) groups is 1. The van der Waals surface area contributed by atoms with Crippen molar-refractivity contribution in [2.24, 2.45) is 11.8 Å². The number of nitrogens with zero attached hydrogens (tertiary/aromatic N) is 6. The fourth-order valence-electron chi connectivity index (χ4n) is 5.74. The van der Waals surface area contributed by atoms with Crippen molar-refractivity contribution in [1.82, 2.24) is 29.6 Å². The van der Waals surface area contributed by atoms with Gasteiger partial charge in [-0.25, -0.2) is 14.6 Å². The average molecular weight is 549 g/mol. The molecule has 1 aliphatic carbocycles. The van der Waals surface area contributed by atoms with Crippen molar-refractivity contribution in [3.63, 3.8) is 0 Å². The van der Waals surface area contributed by atoms with Crippen LogP contribution in [0.3, 0.4) is 0 Å². The summed E-state index contributed by atoms with van der Waals surface area (Å²) < 4.78 is 8.38. The number of halogens is 1. The van der Waals surface area contributed by atoms with E-state index in [-0.39, 0.29) is 24.0 Å². The van der Waals surface area contributed by atoms with Crippen LogP contribution < -0.4 is 0 Å². The van der Waals surface area contributed by atoms with Gasteiger partial charge in [0, 0.05) is 43.2 Å². The first kappa shape index (κ1) is 23.5. The Hall–Kier alpha value is -2.91. The molecular weight excluding hydrogens is 520 g/mol. The highest BCUT2D eigenvalue weighted by atomic mass is 79.9. The van der Waals surface area contributed by atoms with Gasteiger partial charge in [-0.2, -0.15) is 5.10 Å². The Labute approximate surface area is 218 Å². The highest BCUT2D eigenvalue weighted by Gasteiger charge is 2.35. The second-order valence-corrected chi connectivity index (χ2v) is 10.9.